The van der Waals surface area contributed by atoms with Gasteiger partial charge >= 0.3 is 0 Å². The van der Waals surface area contributed by atoms with Crippen molar-refractivity contribution in [2.45, 2.75) is 110 Å². The highest BCUT2D eigenvalue weighted by molar-refractivity contribution is 5.82. The van der Waals surface area contributed by atoms with Gasteiger partial charge in [0, 0.05) is 25.1 Å². The summed E-state index contributed by atoms with van der Waals surface area (Å²) in [5, 5.41) is 24.2. The molecule has 0 spiro atoms. The van der Waals surface area contributed by atoms with Crippen LogP contribution in [0.4, 0.5) is 0 Å². The van der Waals surface area contributed by atoms with Crippen molar-refractivity contribution >= 4 is 5.78 Å². The molecule has 34 heavy (non-hydrogen) atoms. The molecule has 4 saturated carbocycles. The summed E-state index contributed by atoms with van der Waals surface area (Å²) in [7, 11) is 0. The molecule has 0 amide bonds. The van der Waals surface area contributed by atoms with E-state index in [2.05, 4.69) is 31.9 Å². The Morgan fingerprint density at radius 2 is 1.88 bits per heavy atom. The van der Waals surface area contributed by atoms with E-state index in [4.69, 9.17) is 5.26 Å². The molecule has 4 aliphatic rings. The second-order valence-electron chi connectivity index (χ2n) is 13.1. The molecule has 1 aromatic rings. The predicted octanol–water partition coefficient (Wildman–Crippen LogP) is 5.90. The number of carbonyl (C=O) groups excluding carboxylic acids is 1. The van der Waals surface area contributed by atoms with E-state index in [0.29, 0.717) is 41.6 Å². The zero-order valence-corrected chi connectivity index (χ0v) is 21.4. The third-order valence-electron chi connectivity index (χ3n) is 11.2. The molecule has 5 heteroatoms. The molecule has 0 radical (unpaired) electrons. The van der Waals surface area contributed by atoms with Gasteiger partial charge in [0.05, 0.1) is 17.4 Å². The molecule has 8 atom stereocenters. The van der Waals surface area contributed by atoms with Crippen LogP contribution in [0, 0.1) is 51.8 Å². The van der Waals surface area contributed by atoms with Gasteiger partial charge in [0.25, 0.3) is 0 Å². The van der Waals surface area contributed by atoms with Gasteiger partial charge in [-0.05, 0) is 99.2 Å². The number of Topliss-reactive ketones (excluding diaryl/α,β-unsaturated/α-hetero) is 1. The van der Waals surface area contributed by atoms with Crippen LogP contribution in [-0.2, 0) is 11.3 Å². The van der Waals surface area contributed by atoms with Gasteiger partial charge < -0.3 is 5.11 Å². The van der Waals surface area contributed by atoms with E-state index < -0.39 is 5.60 Å². The van der Waals surface area contributed by atoms with E-state index in [0.717, 1.165) is 37.5 Å². The lowest BCUT2D eigenvalue weighted by atomic mass is 9.42. The number of ketones is 1. The molecule has 0 aromatic carbocycles. The maximum Gasteiger partial charge on any atom is 0.138 e. The van der Waals surface area contributed by atoms with Crippen molar-refractivity contribution < 1.29 is 9.90 Å². The number of aliphatic hydroxyl groups is 1. The highest BCUT2D eigenvalue weighted by Gasteiger charge is 2.59. The van der Waals surface area contributed by atoms with Crippen LogP contribution in [0.15, 0.2) is 12.4 Å². The Labute approximate surface area is 205 Å². The minimum Gasteiger partial charge on any atom is -0.390 e. The largest absolute Gasteiger partial charge is 0.390 e. The maximum atomic E-state index is 13.5. The van der Waals surface area contributed by atoms with Crippen LogP contribution in [0.25, 0.3) is 0 Å². The van der Waals surface area contributed by atoms with Crippen molar-refractivity contribution in [2.24, 2.45) is 40.4 Å². The summed E-state index contributed by atoms with van der Waals surface area (Å²) >= 11 is 0. The van der Waals surface area contributed by atoms with Gasteiger partial charge in [-0.2, -0.15) is 10.4 Å². The quantitative estimate of drug-likeness (QED) is 0.600. The van der Waals surface area contributed by atoms with Gasteiger partial charge in [-0.25, -0.2) is 0 Å². The summed E-state index contributed by atoms with van der Waals surface area (Å²) in [6.45, 7) is 7.64. The number of hydrogen-bond acceptors (Lipinski definition) is 4. The molecule has 1 heterocycles. The Hall–Kier alpha value is -1.67. The minimum absolute atomic E-state index is 0.123. The Kier molecular flexibility index (Phi) is 6.20. The third kappa shape index (κ3) is 4.04. The minimum atomic E-state index is -0.497. The molecule has 0 saturated heterocycles. The number of aryl methyl sites for hydroxylation is 1. The second-order valence-corrected chi connectivity index (χ2v) is 13.1. The second kappa shape index (κ2) is 8.77. The molecule has 4 aliphatic carbocycles. The fourth-order valence-electron chi connectivity index (χ4n) is 9.41. The SMILES string of the molecule is C[C@@]1(O)CCC[C@@]2(C)[C@@H](CC[C@@H]3[C@@H]2CC[C@]2(C)[C@H](C(=O)CCn4cc(C#N)cn4)CCC[C@@H]32)C1. The summed E-state index contributed by atoms with van der Waals surface area (Å²) in [5.74, 6) is 3.36. The van der Waals surface area contributed by atoms with E-state index >= 15 is 0 Å². The van der Waals surface area contributed by atoms with Crippen molar-refractivity contribution in [1.82, 2.24) is 9.78 Å². The average Bonchev–Trinajstić information content (AvgIpc) is 3.21. The molecular weight excluding hydrogens is 422 g/mol. The maximum absolute atomic E-state index is 13.5. The van der Waals surface area contributed by atoms with E-state index in [1.807, 2.05) is 0 Å². The Balaban J connectivity index is 1.32. The van der Waals surface area contributed by atoms with E-state index in [9.17, 15) is 9.90 Å². The molecular formula is C29H43N3O2. The van der Waals surface area contributed by atoms with Gasteiger partial charge in [0.2, 0.25) is 0 Å². The molecule has 0 bridgehead atoms. The smallest absolute Gasteiger partial charge is 0.138 e. The first-order valence-electron chi connectivity index (χ1n) is 13.8. The summed E-state index contributed by atoms with van der Waals surface area (Å²) in [5.41, 5.74) is 0.529. The Morgan fingerprint density at radius 3 is 2.65 bits per heavy atom. The van der Waals surface area contributed by atoms with Crippen LogP contribution in [0.2, 0.25) is 0 Å². The first-order chi connectivity index (χ1) is 16.2. The van der Waals surface area contributed by atoms with Gasteiger partial charge in [-0.1, -0.05) is 26.7 Å². The lowest BCUT2D eigenvalue weighted by Gasteiger charge is -2.62. The van der Waals surface area contributed by atoms with Gasteiger partial charge in [0.15, 0.2) is 0 Å². The summed E-state index contributed by atoms with van der Waals surface area (Å²) < 4.78 is 1.75. The monoisotopic (exact) mass is 465 g/mol. The van der Waals surface area contributed by atoms with Crippen LogP contribution in [0.5, 0.6) is 0 Å². The normalized spacial score (nSPS) is 44.1. The number of nitriles is 1. The molecule has 0 aliphatic heterocycles. The highest BCUT2D eigenvalue weighted by Crippen LogP contribution is 2.66. The fraction of sp³-hybridized carbons (Fsp3) is 0.828. The summed E-state index contributed by atoms with van der Waals surface area (Å²) in [4.78, 5) is 13.5. The number of nitrogens with zero attached hydrogens (tertiary/aromatic N) is 3. The molecule has 4 fully saturated rings. The van der Waals surface area contributed by atoms with Crippen LogP contribution in [0.3, 0.4) is 0 Å². The summed E-state index contributed by atoms with van der Waals surface area (Å²) in [6, 6.07) is 2.12. The lowest BCUT2D eigenvalue weighted by molar-refractivity contribution is -0.153. The molecule has 186 valence electrons. The number of aromatic nitrogens is 2. The Morgan fingerprint density at radius 1 is 1.09 bits per heavy atom. The summed E-state index contributed by atoms with van der Waals surface area (Å²) in [6.07, 6.45) is 16.6. The standard InChI is InChI=1S/C29H43N3O2/c1-27(34)12-5-13-28(2)21(16-27)8-9-22-23-6-4-7-25(29(23,3)14-10-24(22)28)26(33)11-15-32-19-20(17-30)18-31-32/h18-19,21-25,34H,4-16H2,1-3H3/t21-,22-,23-,24-,25-,27+,28-,29-/m0/s1. The molecule has 1 aromatic heterocycles. The van der Waals surface area contributed by atoms with Crippen LogP contribution < -0.4 is 0 Å². The van der Waals surface area contributed by atoms with Crippen molar-refractivity contribution in [2.75, 3.05) is 0 Å². The lowest BCUT2D eigenvalue weighted by Crippen LogP contribution is -2.56. The van der Waals surface area contributed by atoms with Crippen LogP contribution in [-0.4, -0.2) is 26.3 Å². The molecule has 5 nitrogen and oxygen atoms in total. The van der Waals surface area contributed by atoms with E-state index in [-0.39, 0.29) is 11.3 Å². The fourth-order valence-corrected chi connectivity index (χ4v) is 9.41. The van der Waals surface area contributed by atoms with Gasteiger partial charge in [-0.15, -0.1) is 0 Å². The zero-order valence-electron chi connectivity index (χ0n) is 21.4. The number of fused-ring (bicyclic) bond motifs is 5. The number of rotatable bonds is 4. The Bertz CT molecular complexity index is 961. The van der Waals surface area contributed by atoms with Crippen molar-refractivity contribution in [3.8, 4) is 6.07 Å². The highest BCUT2D eigenvalue weighted by atomic mass is 16.3. The third-order valence-corrected chi connectivity index (χ3v) is 11.2. The topological polar surface area (TPSA) is 78.9 Å². The van der Waals surface area contributed by atoms with Crippen molar-refractivity contribution in [3.05, 3.63) is 18.0 Å². The van der Waals surface area contributed by atoms with E-state index in [1.165, 1.54) is 44.9 Å². The van der Waals surface area contributed by atoms with Crippen LogP contribution >= 0.6 is 0 Å². The zero-order chi connectivity index (χ0) is 24.1. The number of carbonyl (C=O) groups is 1. The average molecular weight is 466 g/mol. The molecule has 1 N–H and O–H groups in total. The van der Waals surface area contributed by atoms with E-state index in [1.54, 1.807) is 17.1 Å². The molecule has 0 unspecified atom stereocenters. The van der Waals surface area contributed by atoms with Gasteiger partial charge in [0.1, 0.15) is 11.9 Å². The first-order valence-corrected chi connectivity index (χ1v) is 13.8. The predicted molar refractivity (Wildman–Crippen MR) is 132 cm³/mol. The number of hydrogen-bond donors (Lipinski definition) is 1. The van der Waals surface area contributed by atoms with Crippen molar-refractivity contribution in [3.63, 3.8) is 0 Å². The van der Waals surface area contributed by atoms with Crippen molar-refractivity contribution in [1.29, 1.82) is 5.26 Å². The van der Waals surface area contributed by atoms with Gasteiger partial charge in [-0.3, -0.25) is 9.48 Å². The van der Waals surface area contributed by atoms with Crippen LogP contribution in [0.1, 0.15) is 103 Å². The molecule has 5 rings (SSSR count). The first kappa shape index (κ1) is 24.0.